The molecule has 30 heavy (non-hydrogen) atoms. The fourth-order valence-electron chi connectivity index (χ4n) is 3.73. The van der Waals surface area contributed by atoms with Gasteiger partial charge in [0.2, 0.25) is 0 Å². The molecule has 0 radical (unpaired) electrons. The maximum absolute atomic E-state index is 13.3. The molecule has 1 amide bonds. The lowest BCUT2D eigenvalue weighted by atomic mass is 10.0. The SMILES string of the molecule is CC(C)c1c(C(=O)N2CCN(c3ccc(Cl)cn3)CC2)cnn1-c1ccc(F)cc1. The Kier molecular flexibility index (Phi) is 5.72. The number of pyridine rings is 1. The maximum Gasteiger partial charge on any atom is 0.257 e. The summed E-state index contributed by atoms with van der Waals surface area (Å²) in [5.74, 6) is 0.603. The van der Waals surface area contributed by atoms with Gasteiger partial charge in [0, 0.05) is 32.4 Å². The summed E-state index contributed by atoms with van der Waals surface area (Å²) in [7, 11) is 0. The minimum absolute atomic E-state index is 0.0317. The van der Waals surface area contributed by atoms with Gasteiger partial charge in [0.25, 0.3) is 5.91 Å². The van der Waals surface area contributed by atoms with Crippen molar-refractivity contribution in [3.05, 3.63) is 70.9 Å². The Morgan fingerprint density at radius 3 is 2.33 bits per heavy atom. The number of anilines is 1. The first-order valence-corrected chi connectivity index (χ1v) is 10.3. The van der Waals surface area contributed by atoms with Crippen LogP contribution in [0.4, 0.5) is 10.2 Å². The molecule has 0 saturated carbocycles. The molecule has 0 aliphatic carbocycles. The number of piperazine rings is 1. The van der Waals surface area contributed by atoms with E-state index >= 15 is 0 Å². The van der Waals surface area contributed by atoms with Crippen molar-refractivity contribution in [1.82, 2.24) is 19.7 Å². The summed E-state index contributed by atoms with van der Waals surface area (Å²) < 4.78 is 15.0. The molecule has 0 spiro atoms. The zero-order valence-corrected chi connectivity index (χ0v) is 17.7. The summed E-state index contributed by atoms with van der Waals surface area (Å²) in [5.41, 5.74) is 2.15. The van der Waals surface area contributed by atoms with Crippen LogP contribution in [0.15, 0.2) is 48.8 Å². The standard InChI is InChI=1S/C22H23ClFN5O/c1-15(2)21-19(14-26-29(21)18-6-4-17(24)5-7-18)22(30)28-11-9-27(10-12-28)20-8-3-16(23)13-25-20/h3-8,13-15H,9-12H2,1-2H3. The van der Waals surface area contributed by atoms with E-state index in [9.17, 15) is 9.18 Å². The lowest BCUT2D eigenvalue weighted by molar-refractivity contribution is 0.0745. The van der Waals surface area contributed by atoms with E-state index in [4.69, 9.17) is 11.6 Å². The van der Waals surface area contributed by atoms with Crippen molar-refractivity contribution in [2.75, 3.05) is 31.1 Å². The van der Waals surface area contributed by atoms with Crippen molar-refractivity contribution in [3.8, 4) is 5.69 Å². The van der Waals surface area contributed by atoms with Gasteiger partial charge in [0.15, 0.2) is 0 Å². The minimum atomic E-state index is -0.304. The van der Waals surface area contributed by atoms with Crippen LogP contribution in [-0.4, -0.2) is 51.8 Å². The van der Waals surface area contributed by atoms with Gasteiger partial charge < -0.3 is 9.80 Å². The Hall–Kier alpha value is -2.93. The van der Waals surface area contributed by atoms with E-state index in [2.05, 4.69) is 15.0 Å². The third-order valence-electron chi connectivity index (χ3n) is 5.26. The number of aromatic nitrogens is 3. The fourth-order valence-corrected chi connectivity index (χ4v) is 3.84. The quantitative estimate of drug-likeness (QED) is 0.627. The number of carbonyl (C=O) groups excluding carboxylic acids is 1. The first-order valence-electron chi connectivity index (χ1n) is 9.93. The summed E-state index contributed by atoms with van der Waals surface area (Å²) in [6, 6.07) is 9.84. The van der Waals surface area contributed by atoms with Gasteiger partial charge in [-0.15, -0.1) is 0 Å². The van der Waals surface area contributed by atoms with Gasteiger partial charge >= 0.3 is 0 Å². The Morgan fingerprint density at radius 2 is 1.73 bits per heavy atom. The number of halogens is 2. The van der Waals surface area contributed by atoms with Crippen LogP contribution in [0.3, 0.4) is 0 Å². The van der Waals surface area contributed by atoms with Crippen LogP contribution in [0.1, 0.15) is 35.8 Å². The highest BCUT2D eigenvalue weighted by Crippen LogP contribution is 2.25. The van der Waals surface area contributed by atoms with Gasteiger partial charge in [-0.2, -0.15) is 5.10 Å². The predicted octanol–water partition coefficient (Wildman–Crippen LogP) is 4.15. The number of carbonyl (C=O) groups is 1. The molecular weight excluding hydrogens is 405 g/mol. The van der Waals surface area contributed by atoms with Crippen LogP contribution in [-0.2, 0) is 0 Å². The van der Waals surface area contributed by atoms with Crippen LogP contribution < -0.4 is 4.90 Å². The molecule has 0 unspecified atom stereocenters. The Labute approximate surface area is 179 Å². The van der Waals surface area contributed by atoms with Gasteiger partial charge in [-0.25, -0.2) is 14.1 Å². The number of nitrogens with zero attached hydrogens (tertiary/aromatic N) is 5. The zero-order chi connectivity index (χ0) is 21.3. The highest BCUT2D eigenvalue weighted by Gasteiger charge is 2.28. The molecule has 1 aromatic carbocycles. The molecule has 1 aliphatic heterocycles. The van der Waals surface area contributed by atoms with E-state index in [1.807, 2.05) is 30.9 Å². The van der Waals surface area contributed by atoms with E-state index in [-0.39, 0.29) is 17.6 Å². The van der Waals surface area contributed by atoms with Crippen molar-refractivity contribution in [2.45, 2.75) is 19.8 Å². The van der Waals surface area contributed by atoms with E-state index in [0.29, 0.717) is 36.8 Å². The first kappa shape index (κ1) is 20.3. The molecular formula is C22H23ClFN5O. The molecule has 3 heterocycles. The van der Waals surface area contributed by atoms with Crippen LogP contribution in [0.2, 0.25) is 5.02 Å². The molecule has 0 atom stereocenters. The van der Waals surface area contributed by atoms with Gasteiger partial charge in [-0.1, -0.05) is 25.4 Å². The zero-order valence-electron chi connectivity index (χ0n) is 16.9. The Morgan fingerprint density at radius 1 is 1.03 bits per heavy atom. The molecule has 6 nitrogen and oxygen atoms in total. The highest BCUT2D eigenvalue weighted by molar-refractivity contribution is 6.30. The topological polar surface area (TPSA) is 54.3 Å². The molecule has 1 saturated heterocycles. The van der Waals surface area contributed by atoms with Crippen LogP contribution in [0, 0.1) is 5.82 Å². The van der Waals surface area contributed by atoms with Crippen molar-refractivity contribution in [1.29, 1.82) is 0 Å². The minimum Gasteiger partial charge on any atom is -0.353 e. The molecule has 4 rings (SSSR count). The van der Waals surface area contributed by atoms with Gasteiger partial charge in [0.1, 0.15) is 11.6 Å². The summed E-state index contributed by atoms with van der Waals surface area (Å²) in [6.45, 7) is 6.65. The largest absolute Gasteiger partial charge is 0.353 e. The van der Waals surface area contributed by atoms with Crippen molar-refractivity contribution < 1.29 is 9.18 Å². The monoisotopic (exact) mass is 427 g/mol. The van der Waals surface area contributed by atoms with Crippen LogP contribution in [0.25, 0.3) is 5.69 Å². The second-order valence-corrected chi connectivity index (χ2v) is 8.04. The number of amides is 1. The second kappa shape index (κ2) is 8.44. The summed E-state index contributed by atoms with van der Waals surface area (Å²) >= 11 is 5.92. The number of hydrogen-bond acceptors (Lipinski definition) is 4. The molecule has 2 aromatic heterocycles. The van der Waals surface area contributed by atoms with E-state index in [0.717, 1.165) is 17.2 Å². The smallest absolute Gasteiger partial charge is 0.257 e. The third kappa shape index (κ3) is 4.03. The van der Waals surface area contributed by atoms with Crippen molar-refractivity contribution in [2.24, 2.45) is 0 Å². The van der Waals surface area contributed by atoms with Crippen molar-refractivity contribution in [3.63, 3.8) is 0 Å². The maximum atomic E-state index is 13.3. The van der Waals surface area contributed by atoms with Crippen molar-refractivity contribution >= 4 is 23.3 Å². The van der Waals surface area contributed by atoms with Crippen LogP contribution in [0.5, 0.6) is 0 Å². The average Bonchev–Trinajstić information content (AvgIpc) is 3.20. The molecule has 156 valence electrons. The van der Waals surface area contributed by atoms with Crippen LogP contribution >= 0.6 is 11.6 Å². The second-order valence-electron chi connectivity index (χ2n) is 7.60. The molecule has 8 heteroatoms. The van der Waals surface area contributed by atoms with E-state index in [1.54, 1.807) is 29.2 Å². The summed E-state index contributed by atoms with van der Waals surface area (Å²) in [6.07, 6.45) is 3.25. The number of benzene rings is 1. The average molecular weight is 428 g/mol. The molecule has 3 aromatic rings. The normalized spacial score (nSPS) is 14.4. The molecule has 1 aliphatic rings. The highest BCUT2D eigenvalue weighted by atomic mass is 35.5. The Balaban J connectivity index is 1.52. The molecule has 1 fully saturated rings. The summed E-state index contributed by atoms with van der Waals surface area (Å²) in [5, 5.41) is 5.04. The molecule has 0 bridgehead atoms. The first-order chi connectivity index (χ1) is 14.4. The molecule has 0 N–H and O–H groups in total. The van der Waals surface area contributed by atoms with E-state index < -0.39 is 0 Å². The number of rotatable bonds is 4. The fraction of sp³-hybridized carbons (Fsp3) is 0.318. The van der Waals surface area contributed by atoms with Gasteiger partial charge in [0.05, 0.1) is 28.2 Å². The van der Waals surface area contributed by atoms with Gasteiger partial charge in [-0.05, 0) is 42.3 Å². The summed E-state index contributed by atoms with van der Waals surface area (Å²) in [4.78, 5) is 21.6. The predicted molar refractivity (Wildman–Crippen MR) is 115 cm³/mol. The van der Waals surface area contributed by atoms with E-state index in [1.165, 1.54) is 12.1 Å². The number of hydrogen-bond donors (Lipinski definition) is 0. The van der Waals surface area contributed by atoms with Gasteiger partial charge in [-0.3, -0.25) is 4.79 Å². The lowest BCUT2D eigenvalue weighted by Crippen LogP contribution is -2.49. The lowest BCUT2D eigenvalue weighted by Gasteiger charge is -2.35. The Bertz CT molecular complexity index is 1020. The third-order valence-corrected chi connectivity index (χ3v) is 5.48.